The molecule has 1 saturated carbocycles. The molecule has 2 rings (SSSR count). The van der Waals surface area contributed by atoms with E-state index in [0.29, 0.717) is 0 Å². The molecule has 0 saturated heterocycles. The summed E-state index contributed by atoms with van der Waals surface area (Å²) in [5, 5.41) is 0.842. The zero-order chi connectivity index (χ0) is 14.2. The van der Waals surface area contributed by atoms with Crippen molar-refractivity contribution in [1.29, 1.82) is 0 Å². The van der Waals surface area contributed by atoms with Crippen LogP contribution < -0.4 is 0 Å². The highest BCUT2D eigenvalue weighted by Crippen LogP contribution is 2.28. The molecule has 0 aliphatic heterocycles. The van der Waals surface area contributed by atoms with Crippen LogP contribution in [-0.4, -0.2) is 0 Å². The van der Waals surface area contributed by atoms with E-state index in [4.69, 9.17) is 11.6 Å². The Morgan fingerprint density at radius 1 is 1.05 bits per heavy atom. The van der Waals surface area contributed by atoms with Gasteiger partial charge in [0.25, 0.3) is 0 Å². The average Bonchev–Trinajstić information content (AvgIpc) is 2.48. The Balaban J connectivity index is 1.57. The lowest BCUT2D eigenvalue weighted by molar-refractivity contribution is 0.318. The summed E-state index contributed by atoms with van der Waals surface area (Å²) in [6.45, 7) is 2.41. The van der Waals surface area contributed by atoms with Crippen LogP contribution in [0.15, 0.2) is 24.3 Å². The Bertz CT molecular complexity index is 362. The van der Waals surface area contributed by atoms with E-state index >= 15 is 0 Å². The molecular weight excluding hydrogens is 264 g/mol. The summed E-state index contributed by atoms with van der Waals surface area (Å²) >= 11 is 5.92. The van der Waals surface area contributed by atoms with Gasteiger partial charge in [0.1, 0.15) is 0 Å². The van der Waals surface area contributed by atoms with Crippen LogP contribution in [0.1, 0.15) is 70.3 Å². The number of benzene rings is 1. The molecule has 1 aliphatic carbocycles. The van der Waals surface area contributed by atoms with Crippen LogP contribution in [0.3, 0.4) is 0 Å². The lowest BCUT2D eigenvalue weighted by Gasteiger charge is -2.22. The molecule has 0 aromatic heterocycles. The van der Waals surface area contributed by atoms with Crippen molar-refractivity contribution < 1.29 is 0 Å². The van der Waals surface area contributed by atoms with Gasteiger partial charge in [-0.1, -0.05) is 82.0 Å². The fourth-order valence-electron chi connectivity index (χ4n) is 3.44. The third-order valence-electron chi connectivity index (χ3n) is 4.87. The molecule has 1 aromatic carbocycles. The van der Waals surface area contributed by atoms with Gasteiger partial charge in [0.2, 0.25) is 0 Å². The smallest absolute Gasteiger partial charge is 0.0406 e. The molecule has 112 valence electrons. The summed E-state index contributed by atoms with van der Waals surface area (Å²) in [4.78, 5) is 0. The molecule has 20 heavy (non-hydrogen) atoms. The van der Waals surface area contributed by atoms with Crippen LogP contribution in [-0.2, 0) is 6.42 Å². The predicted molar refractivity (Wildman–Crippen MR) is 89.4 cm³/mol. The first-order valence-corrected chi connectivity index (χ1v) is 8.86. The highest BCUT2D eigenvalue weighted by atomic mass is 35.5. The molecule has 0 heterocycles. The predicted octanol–water partition coefficient (Wildman–Crippen LogP) is 6.66. The van der Waals surface area contributed by atoms with E-state index in [2.05, 4.69) is 19.1 Å². The van der Waals surface area contributed by atoms with Crippen LogP contribution in [0.2, 0.25) is 5.02 Å². The Morgan fingerprint density at radius 2 is 1.75 bits per heavy atom. The quantitative estimate of drug-likeness (QED) is 0.527. The van der Waals surface area contributed by atoms with E-state index in [0.717, 1.165) is 16.9 Å². The maximum atomic E-state index is 5.92. The van der Waals surface area contributed by atoms with Gasteiger partial charge in [0.05, 0.1) is 0 Å². The molecule has 0 amide bonds. The third kappa shape index (κ3) is 5.87. The van der Waals surface area contributed by atoms with Gasteiger partial charge >= 0.3 is 0 Å². The Labute approximate surface area is 129 Å². The van der Waals surface area contributed by atoms with Gasteiger partial charge < -0.3 is 0 Å². The van der Waals surface area contributed by atoms with Crippen LogP contribution in [0.4, 0.5) is 0 Å². The highest BCUT2D eigenvalue weighted by Gasteiger charge is 2.13. The van der Waals surface area contributed by atoms with Crippen molar-refractivity contribution in [3.8, 4) is 0 Å². The fourth-order valence-corrected chi connectivity index (χ4v) is 3.57. The number of hydrogen-bond donors (Lipinski definition) is 0. The van der Waals surface area contributed by atoms with Gasteiger partial charge in [-0.25, -0.2) is 0 Å². The second kappa shape index (κ2) is 8.72. The van der Waals surface area contributed by atoms with Crippen LogP contribution in [0, 0.1) is 11.8 Å². The van der Waals surface area contributed by atoms with Crippen LogP contribution in [0.25, 0.3) is 0 Å². The van der Waals surface area contributed by atoms with Crippen molar-refractivity contribution in [1.82, 2.24) is 0 Å². The minimum Gasteiger partial charge on any atom is -0.0843 e. The van der Waals surface area contributed by atoms with E-state index in [-0.39, 0.29) is 0 Å². The number of aryl methyl sites for hydroxylation is 1. The van der Waals surface area contributed by atoms with Crippen molar-refractivity contribution in [3.63, 3.8) is 0 Å². The average molecular weight is 293 g/mol. The van der Waals surface area contributed by atoms with Crippen LogP contribution >= 0.6 is 11.6 Å². The van der Waals surface area contributed by atoms with Crippen molar-refractivity contribution >= 4 is 11.6 Å². The summed E-state index contributed by atoms with van der Waals surface area (Å²) in [7, 11) is 0. The van der Waals surface area contributed by atoms with Crippen molar-refractivity contribution in [3.05, 3.63) is 34.9 Å². The lowest BCUT2D eigenvalue weighted by atomic mass is 9.84. The van der Waals surface area contributed by atoms with E-state index in [1.165, 1.54) is 69.8 Å². The van der Waals surface area contributed by atoms with E-state index < -0.39 is 0 Å². The van der Waals surface area contributed by atoms with Gasteiger partial charge in [0, 0.05) is 5.02 Å². The third-order valence-corrected chi connectivity index (χ3v) is 5.13. The fraction of sp³-hybridized carbons (Fsp3) is 0.684. The number of halogens is 1. The molecule has 0 bridgehead atoms. The minimum absolute atomic E-state index is 0.842. The van der Waals surface area contributed by atoms with Crippen molar-refractivity contribution in [2.24, 2.45) is 11.8 Å². The second-order valence-corrected chi connectivity index (χ2v) is 7.14. The molecule has 1 aliphatic rings. The molecular formula is C19H29Cl. The molecule has 1 aromatic rings. The van der Waals surface area contributed by atoms with Gasteiger partial charge in [-0.2, -0.15) is 0 Å². The maximum absolute atomic E-state index is 5.92. The van der Waals surface area contributed by atoms with E-state index in [1.807, 2.05) is 12.1 Å². The normalized spacial score (nSPS) is 18.1. The molecule has 1 heteroatoms. The van der Waals surface area contributed by atoms with Gasteiger partial charge in [-0.15, -0.1) is 0 Å². The van der Waals surface area contributed by atoms with Gasteiger partial charge in [0.15, 0.2) is 0 Å². The number of hydrogen-bond acceptors (Lipinski definition) is 0. The SMILES string of the molecule is CC(CCCC1CCCCC1)CCc1ccc(Cl)cc1. The Hall–Kier alpha value is -0.490. The zero-order valence-electron chi connectivity index (χ0n) is 12.9. The van der Waals surface area contributed by atoms with E-state index in [9.17, 15) is 0 Å². The molecule has 1 fully saturated rings. The summed E-state index contributed by atoms with van der Waals surface area (Å²) in [5.41, 5.74) is 1.42. The first-order valence-electron chi connectivity index (χ1n) is 8.48. The summed E-state index contributed by atoms with van der Waals surface area (Å²) in [6, 6.07) is 8.34. The van der Waals surface area contributed by atoms with Gasteiger partial charge in [-0.05, 0) is 42.4 Å². The minimum atomic E-state index is 0.842. The summed E-state index contributed by atoms with van der Waals surface area (Å²) < 4.78 is 0. The standard InChI is InChI=1S/C19H29Cl/c1-16(6-5-9-17-7-3-2-4-8-17)10-11-18-12-14-19(20)15-13-18/h12-17H,2-11H2,1H3. The van der Waals surface area contributed by atoms with Crippen LogP contribution in [0.5, 0.6) is 0 Å². The molecule has 0 spiro atoms. The molecule has 1 unspecified atom stereocenters. The van der Waals surface area contributed by atoms with E-state index in [1.54, 1.807) is 0 Å². The Morgan fingerprint density at radius 3 is 2.45 bits per heavy atom. The van der Waals surface area contributed by atoms with Gasteiger partial charge in [-0.3, -0.25) is 0 Å². The topological polar surface area (TPSA) is 0 Å². The largest absolute Gasteiger partial charge is 0.0843 e. The van der Waals surface area contributed by atoms with Crippen molar-refractivity contribution in [2.75, 3.05) is 0 Å². The highest BCUT2D eigenvalue weighted by molar-refractivity contribution is 6.30. The second-order valence-electron chi connectivity index (χ2n) is 6.71. The molecule has 0 N–H and O–H groups in total. The maximum Gasteiger partial charge on any atom is 0.0406 e. The zero-order valence-corrected chi connectivity index (χ0v) is 13.7. The Kier molecular flexibility index (Phi) is 6.93. The number of rotatable bonds is 7. The van der Waals surface area contributed by atoms with Crippen molar-refractivity contribution in [2.45, 2.75) is 71.1 Å². The first kappa shape index (κ1) is 15.9. The molecule has 0 radical (unpaired) electrons. The molecule has 0 nitrogen and oxygen atoms in total. The monoisotopic (exact) mass is 292 g/mol. The first-order chi connectivity index (χ1) is 9.74. The molecule has 1 atom stereocenters. The summed E-state index contributed by atoms with van der Waals surface area (Å²) in [6.07, 6.45) is 14.3. The summed E-state index contributed by atoms with van der Waals surface area (Å²) in [5.74, 6) is 1.90. The lowest BCUT2D eigenvalue weighted by Crippen LogP contribution is -2.07.